The Morgan fingerprint density at radius 1 is 1.19 bits per heavy atom. The van der Waals surface area contributed by atoms with E-state index in [4.69, 9.17) is 4.74 Å². The van der Waals surface area contributed by atoms with Gasteiger partial charge in [0.25, 0.3) is 5.91 Å². The Hall–Kier alpha value is -2.01. The van der Waals surface area contributed by atoms with Crippen LogP contribution in [-0.2, 0) is 7.05 Å². The molecule has 1 spiro atoms. The molecular formula is C16H19N3O2. The van der Waals surface area contributed by atoms with Crippen molar-refractivity contribution in [1.82, 2.24) is 14.8 Å². The number of rotatable bonds is 0. The summed E-state index contributed by atoms with van der Waals surface area (Å²) in [5.41, 5.74) is 1.11. The van der Waals surface area contributed by atoms with E-state index in [0.29, 0.717) is 5.69 Å². The Kier molecular flexibility index (Phi) is 2.57. The summed E-state index contributed by atoms with van der Waals surface area (Å²) in [6, 6.07) is 8.01. The van der Waals surface area contributed by atoms with Crippen LogP contribution in [0, 0.1) is 0 Å². The number of benzene rings is 1. The lowest BCUT2D eigenvalue weighted by atomic mass is 9.98. The van der Waals surface area contributed by atoms with Gasteiger partial charge in [-0.2, -0.15) is 0 Å². The van der Waals surface area contributed by atoms with Crippen molar-refractivity contribution in [2.45, 2.75) is 18.6 Å². The summed E-state index contributed by atoms with van der Waals surface area (Å²) >= 11 is 0. The highest BCUT2D eigenvalue weighted by Crippen LogP contribution is 2.39. The topological polar surface area (TPSA) is 46.5 Å². The van der Waals surface area contributed by atoms with E-state index >= 15 is 0 Å². The normalized spacial score (nSPS) is 21.1. The molecule has 2 aliphatic heterocycles. The number of nitrogens with one attached hydrogen (secondary N) is 1. The number of aromatic nitrogens is 1. The van der Waals surface area contributed by atoms with Crippen molar-refractivity contribution in [1.29, 1.82) is 0 Å². The Balaban J connectivity index is 1.84. The quantitative estimate of drug-likeness (QED) is 0.802. The minimum atomic E-state index is -0.541. The monoisotopic (exact) mass is 285 g/mol. The molecule has 1 aromatic heterocycles. The molecule has 0 unspecified atom stereocenters. The van der Waals surface area contributed by atoms with E-state index in [0.717, 1.165) is 42.6 Å². The lowest BCUT2D eigenvalue weighted by Gasteiger charge is -2.43. The van der Waals surface area contributed by atoms with Crippen molar-refractivity contribution in [3.05, 3.63) is 30.0 Å². The van der Waals surface area contributed by atoms with E-state index in [1.54, 1.807) is 0 Å². The molecule has 110 valence electrons. The molecule has 1 aromatic carbocycles. The van der Waals surface area contributed by atoms with Gasteiger partial charge in [-0.25, -0.2) is 0 Å². The standard InChI is InChI=1S/C16H19N3O2/c1-18-9-7-16(8-10-18)17-15(20)13-14(21-16)11-5-3-4-6-12(11)19(13)2/h3-6H,7-10H2,1-2H3,(H,17,20). The van der Waals surface area contributed by atoms with Crippen molar-refractivity contribution < 1.29 is 9.53 Å². The number of hydrogen-bond acceptors (Lipinski definition) is 3. The maximum absolute atomic E-state index is 12.6. The maximum Gasteiger partial charge on any atom is 0.274 e. The predicted octanol–water partition coefficient (Wildman–Crippen LogP) is 1.72. The van der Waals surface area contributed by atoms with Crippen LogP contribution in [0.2, 0.25) is 0 Å². The summed E-state index contributed by atoms with van der Waals surface area (Å²) in [5.74, 6) is 0.709. The van der Waals surface area contributed by atoms with Gasteiger partial charge in [-0.3, -0.25) is 4.79 Å². The van der Waals surface area contributed by atoms with Gasteiger partial charge >= 0.3 is 0 Å². The number of nitrogens with zero attached hydrogens (tertiary/aromatic N) is 2. The Morgan fingerprint density at radius 2 is 1.90 bits per heavy atom. The Morgan fingerprint density at radius 3 is 2.67 bits per heavy atom. The zero-order valence-corrected chi connectivity index (χ0v) is 12.3. The molecule has 4 rings (SSSR count). The number of likely N-dealkylation sites (tertiary alicyclic amines) is 1. The fourth-order valence-electron chi connectivity index (χ4n) is 3.41. The van der Waals surface area contributed by atoms with Crippen LogP contribution < -0.4 is 10.1 Å². The number of carbonyl (C=O) groups excluding carboxylic acids is 1. The smallest absolute Gasteiger partial charge is 0.274 e. The second-order valence-corrected chi connectivity index (χ2v) is 6.11. The summed E-state index contributed by atoms with van der Waals surface area (Å²) < 4.78 is 8.25. The highest BCUT2D eigenvalue weighted by Gasteiger charge is 2.44. The number of piperidine rings is 1. The van der Waals surface area contributed by atoms with E-state index in [1.807, 2.05) is 35.9 Å². The second-order valence-electron chi connectivity index (χ2n) is 6.11. The third-order valence-corrected chi connectivity index (χ3v) is 4.71. The number of fused-ring (bicyclic) bond motifs is 3. The highest BCUT2D eigenvalue weighted by atomic mass is 16.5. The minimum Gasteiger partial charge on any atom is -0.465 e. The molecule has 1 N–H and O–H groups in total. The average molecular weight is 285 g/mol. The average Bonchev–Trinajstić information content (AvgIpc) is 2.77. The first-order valence-electron chi connectivity index (χ1n) is 7.37. The van der Waals surface area contributed by atoms with Crippen LogP contribution in [0.15, 0.2) is 24.3 Å². The van der Waals surface area contributed by atoms with Crippen molar-refractivity contribution in [2.75, 3.05) is 20.1 Å². The summed E-state index contributed by atoms with van der Waals surface area (Å²) in [6.45, 7) is 1.86. The van der Waals surface area contributed by atoms with E-state index in [1.165, 1.54) is 0 Å². The van der Waals surface area contributed by atoms with Crippen molar-refractivity contribution >= 4 is 16.8 Å². The zero-order chi connectivity index (χ0) is 14.6. The van der Waals surface area contributed by atoms with Crippen molar-refractivity contribution in [2.24, 2.45) is 7.05 Å². The summed E-state index contributed by atoms with van der Waals surface area (Å²) in [4.78, 5) is 14.9. The van der Waals surface area contributed by atoms with Gasteiger partial charge in [-0.05, 0) is 19.2 Å². The second kappa shape index (κ2) is 4.24. The van der Waals surface area contributed by atoms with Gasteiger partial charge in [0.15, 0.2) is 17.2 Å². The number of hydrogen-bond donors (Lipinski definition) is 1. The molecule has 5 heteroatoms. The Labute approximate surface area is 123 Å². The highest BCUT2D eigenvalue weighted by molar-refractivity contribution is 6.05. The molecule has 0 atom stereocenters. The van der Waals surface area contributed by atoms with Crippen LogP contribution in [0.25, 0.3) is 10.9 Å². The fraction of sp³-hybridized carbons (Fsp3) is 0.438. The molecule has 0 radical (unpaired) electrons. The van der Waals surface area contributed by atoms with Gasteiger partial charge in [0, 0.05) is 38.4 Å². The van der Waals surface area contributed by atoms with Crippen LogP contribution in [-0.4, -0.2) is 41.2 Å². The van der Waals surface area contributed by atoms with Gasteiger partial charge in [0.1, 0.15) is 0 Å². The number of ether oxygens (including phenoxy) is 1. The number of carbonyl (C=O) groups is 1. The number of aryl methyl sites for hydroxylation is 1. The third kappa shape index (κ3) is 1.77. The molecular weight excluding hydrogens is 266 g/mol. The van der Waals surface area contributed by atoms with E-state index in [9.17, 15) is 4.79 Å². The molecule has 0 bridgehead atoms. The number of amides is 1. The molecule has 21 heavy (non-hydrogen) atoms. The van der Waals surface area contributed by atoms with Crippen LogP contribution in [0.3, 0.4) is 0 Å². The minimum absolute atomic E-state index is 0.0282. The number of para-hydroxylation sites is 1. The van der Waals surface area contributed by atoms with E-state index in [2.05, 4.69) is 17.3 Å². The molecule has 5 nitrogen and oxygen atoms in total. The van der Waals surface area contributed by atoms with Gasteiger partial charge in [-0.15, -0.1) is 0 Å². The zero-order valence-electron chi connectivity index (χ0n) is 12.3. The lowest BCUT2D eigenvalue weighted by Crippen LogP contribution is -2.60. The third-order valence-electron chi connectivity index (χ3n) is 4.71. The molecule has 2 aliphatic rings. The van der Waals surface area contributed by atoms with Crippen LogP contribution in [0.5, 0.6) is 5.75 Å². The van der Waals surface area contributed by atoms with Gasteiger partial charge in [0.2, 0.25) is 0 Å². The van der Waals surface area contributed by atoms with Gasteiger partial charge in [0.05, 0.1) is 5.52 Å². The summed E-state index contributed by atoms with van der Waals surface area (Å²) in [6.07, 6.45) is 1.63. The largest absolute Gasteiger partial charge is 0.465 e. The van der Waals surface area contributed by atoms with Gasteiger partial charge < -0.3 is 19.5 Å². The van der Waals surface area contributed by atoms with E-state index < -0.39 is 5.72 Å². The molecule has 1 fully saturated rings. The summed E-state index contributed by atoms with van der Waals surface area (Å²) in [5, 5.41) is 4.12. The Bertz CT molecular complexity index is 726. The molecule has 1 saturated heterocycles. The predicted molar refractivity (Wildman–Crippen MR) is 80.5 cm³/mol. The molecule has 1 amide bonds. The van der Waals surface area contributed by atoms with Crippen molar-refractivity contribution in [3.8, 4) is 5.75 Å². The first-order chi connectivity index (χ1) is 10.1. The lowest BCUT2D eigenvalue weighted by molar-refractivity contribution is -0.0238. The van der Waals surface area contributed by atoms with Gasteiger partial charge in [-0.1, -0.05) is 12.1 Å². The fourth-order valence-corrected chi connectivity index (χ4v) is 3.41. The van der Waals surface area contributed by atoms with E-state index in [-0.39, 0.29) is 5.91 Å². The molecule has 0 aliphatic carbocycles. The van der Waals surface area contributed by atoms with Crippen molar-refractivity contribution in [3.63, 3.8) is 0 Å². The first-order valence-corrected chi connectivity index (χ1v) is 7.37. The SMILES string of the molecule is CN1CCC2(CC1)NC(=O)c1c(c3ccccc3n1C)O2. The molecule has 3 heterocycles. The van der Waals surface area contributed by atoms with Crippen LogP contribution in [0.1, 0.15) is 23.3 Å². The first kappa shape index (κ1) is 12.7. The van der Waals surface area contributed by atoms with Crippen LogP contribution in [0.4, 0.5) is 0 Å². The molecule has 2 aromatic rings. The maximum atomic E-state index is 12.6. The summed E-state index contributed by atoms with van der Waals surface area (Å²) in [7, 11) is 4.01. The molecule has 0 saturated carbocycles. The van der Waals surface area contributed by atoms with Crippen LogP contribution >= 0.6 is 0 Å².